The predicted octanol–water partition coefficient (Wildman–Crippen LogP) is 5.40. The second-order valence-electron chi connectivity index (χ2n) is 18.0. The van der Waals surface area contributed by atoms with E-state index in [9.17, 15) is 33.9 Å². The molecule has 0 radical (unpaired) electrons. The average molecular weight is 677 g/mol. The summed E-state index contributed by atoms with van der Waals surface area (Å²) in [5, 5.41) is 21.9. The SMILES string of the molecule is C[C@@H]1CCC[C@H](C)C1NC(=O)N[C@H](C(=O)C[C@@H](CC(=O)C(C)(C)C)C(=O)N[C@H](C(=O)NCC(C)(C)C)C1(C(=O)O)CCCC1)C(C)(C)C. The van der Waals surface area contributed by atoms with Crippen LogP contribution in [0.15, 0.2) is 0 Å². The molecular formula is C37H64N4O7. The molecule has 0 aromatic rings. The molecule has 2 fully saturated rings. The van der Waals surface area contributed by atoms with E-state index in [1.807, 2.05) is 41.5 Å². The number of nitrogens with one attached hydrogen (secondary N) is 4. The van der Waals surface area contributed by atoms with Crippen molar-refractivity contribution in [2.45, 2.75) is 152 Å². The highest BCUT2D eigenvalue weighted by molar-refractivity contribution is 5.98. The Morgan fingerprint density at radius 2 is 1.31 bits per heavy atom. The lowest BCUT2D eigenvalue weighted by Gasteiger charge is -2.37. The molecule has 0 aromatic carbocycles. The third-order valence-corrected chi connectivity index (χ3v) is 10.2. The Balaban J connectivity index is 2.41. The number of Topliss-reactive ketones (excluding diaryl/α,β-unsaturated/α-hetero) is 2. The molecule has 274 valence electrons. The number of rotatable bonds is 13. The first-order valence-electron chi connectivity index (χ1n) is 17.8. The van der Waals surface area contributed by atoms with Crippen molar-refractivity contribution in [1.29, 1.82) is 0 Å². The number of carbonyl (C=O) groups is 6. The van der Waals surface area contributed by atoms with Crippen LogP contribution in [0, 0.1) is 39.4 Å². The molecule has 0 heterocycles. The summed E-state index contributed by atoms with van der Waals surface area (Å²) < 4.78 is 0. The summed E-state index contributed by atoms with van der Waals surface area (Å²) in [5.74, 6) is -3.77. The molecule has 0 bridgehead atoms. The molecule has 11 heteroatoms. The lowest BCUT2D eigenvalue weighted by Crippen LogP contribution is -2.60. The van der Waals surface area contributed by atoms with Crippen LogP contribution in [0.1, 0.15) is 134 Å². The van der Waals surface area contributed by atoms with Gasteiger partial charge in [-0.2, -0.15) is 0 Å². The highest BCUT2D eigenvalue weighted by atomic mass is 16.4. The Kier molecular flexibility index (Phi) is 13.9. The minimum atomic E-state index is -1.51. The highest BCUT2D eigenvalue weighted by Gasteiger charge is 2.52. The van der Waals surface area contributed by atoms with Crippen molar-refractivity contribution in [3.05, 3.63) is 0 Å². The Bertz CT molecular complexity index is 1180. The highest BCUT2D eigenvalue weighted by Crippen LogP contribution is 2.42. The van der Waals surface area contributed by atoms with Gasteiger partial charge in [-0.25, -0.2) is 4.79 Å². The summed E-state index contributed by atoms with van der Waals surface area (Å²) in [7, 11) is 0. The minimum absolute atomic E-state index is 0.0316. The van der Waals surface area contributed by atoms with Gasteiger partial charge in [-0.15, -0.1) is 0 Å². The third kappa shape index (κ3) is 11.3. The molecular weight excluding hydrogens is 612 g/mol. The van der Waals surface area contributed by atoms with Crippen LogP contribution in [0.4, 0.5) is 4.79 Å². The molecule has 2 saturated carbocycles. The van der Waals surface area contributed by atoms with Gasteiger partial charge in [0.15, 0.2) is 5.78 Å². The smallest absolute Gasteiger partial charge is 0.315 e. The van der Waals surface area contributed by atoms with Crippen LogP contribution in [0.5, 0.6) is 0 Å². The number of carboxylic acids is 1. The topological polar surface area (TPSA) is 171 Å². The second kappa shape index (κ2) is 16.2. The quantitative estimate of drug-likeness (QED) is 0.174. The van der Waals surface area contributed by atoms with Crippen molar-refractivity contribution in [3.63, 3.8) is 0 Å². The van der Waals surface area contributed by atoms with E-state index in [1.54, 1.807) is 20.8 Å². The van der Waals surface area contributed by atoms with Gasteiger partial charge in [0.1, 0.15) is 11.8 Å². The van der Waals surface area contributed by atoms with Crippen LogP contribution in [-0.2, 0) is 24.0 Å². The van der Waals surface area contributed by atoms with Crippen molar-refractivity contribution >= 4 is 35.4 Å². The van der Waals surface area contributed by atoms with E-state index in [2.05, 4.69) is 35.1 Å². The maximum Gasteiger partial charge on any atom is 0.315 e. The largest absolute Gasteiger partial charge is 0.481 e. The molecule has 0 spiro atoms. The number of urea groups is 1. The van der Waals surface area contributed by atoms with Gasteiger partial charge in [0, 0.05) is 30.8 Å². The number of hydrogen-bond donors (Lipinski definition) is 5. The monoisotopic (exact) mass is 676 g/mol. The lowest BCUT2D eigenvalue weighted by atomic mass is 9.76. The number of carboxylic acid groups (broad SMARTS) is 1. The van der Waals surface area contributed by atoms with E-state index in [4.69, 9.17) is 0 Å². The van der Waals surface area contributed by atoms with Crippen LogP contribution in [0.2, 0.25) is 0 Å². The molecule has 0 saturated heterocycles. The summed E-state index contributed by atoms with van der Waals surface area (Å²) in [6.07, 6.45) is 4.08. The Morgan fingerprint density at radius 1 is 0.771 bits per heavy atom. The van der Waals surface area contributed by atoms with Crippen LogP contribution < -0.4 is 21.3 Å². The van der Waals surface area contributed by atoms with Gasteiger partial charge in [-0.05, 0) is 48.3 Å². The summed E-state index contributed by atoms with van der Waals surface area (Å²) in [6, 6.07) is -2.86. The van der Waals surface area contributed by atoms with E-state index < -0.39 is 63.8 Å². The van der Waals surface area contributed by atoms with Crippen molar-refractivity contribution in [3.8, 4) is 0 Å². The van der Waals surface area contributed by atoms with Gasteiger partial charge in [-0.1, -0.05) is 95.4 Å². The second-order valence-corrected chi connectivity index (χ2v) is 18.0. The molecule has 4 amide bonds. The van der Waals surface area contributed by atoms with Gasteiger partial charge >= 0.3 is 12.0 Å². The fraction of sp³-hybridized carbons (Fsp3) is 0.838. The number of hydrogen-bond acceptors (Lipinski definition) is 6. The van der Waals surface area contributed by atoms with Crippen LogP contribution >= 0.6 is 0 Å². The van der Waals surface area contributed by atoms with E-state index in [-0.39, 0.29) is 49.5 Å². The summed E-state index contributed by atoms with van der Waals surface area (Å²) in [4.78, 5) is 81.1. The maximum atomic E-state index is 14.1. The van der Waals surface area contributed by atoms with Crippen LogP contribution in [0.3, 0.4) is 0 Å². The number of ketones is 2. The van der Waals surface area contributed by atoms with Crippen molar-refractivity contribution in [2.75, 3.05) is 6.54 Å². The molecule has 2 aliphatic rings. The number of carbonyl (C=O) groups excluding carboxylic acids is 5. The Hall–Kier alpha value is -2.98. The average Bonchev–Trinajstić information content (AvgIpc) is 3.44. The molecule has 5 N–H and O–H groups in total. The standard InChI is InChI=1S/C37H64N4O7/c1-22-15-14-16-23(2)27(22)39-33(48)41-28(36(9,10)11)25(42)19-24(20-26(43)35(6,7)8)30(44)40-29(31(45)38-21-34(3,4)5)37(32(46)47)17-12-13-18-37/h22-24,27-29H,12-21H2,1-11H3,(H,38,45)(H,40,44)(H,46,47)(H2,39,41,48)/t22-,23+,24-,27?,28+,29+/m0/s1. The summed E-state index contributed by atoms with van der Waals surface area (Å²) in [6.45, 7) is 20.9. The molecule has 0 aromatic heterocycles. The first-order chi connectivity index (χ1) is 21.9. The van der Waals surface area contributed by atoms with E-state index in [0.717, 1.165) is 19.3 Å². The van der Waals surface area contributed by atoms with Crippen molar-refractivity contribution in [2.24, 2.45) is 39.4 Å². The molecule has 11 nitrogen and oxygen atoms in total. The van der Waals surface area contributed by atoms with Crippen molar-refractivity contribution in [1.82, 2.24) is 21.3 Å². The van der Waals surface area contributed by atoms with Gasteiger partial charge in [0.25, 0.3) is 0 Å². The van der Waals surface area contributed by atoms with Gasteiger partial charge < -0.3 is 26.4 Å². The van der Waals surface area contributed by atoms with Gasteiger partial charge in [-0.3, -0.25) is 24.0 Å². The number of aliphatic carboxylic acids is 1. The molecule has 6 atom stereocenters. The number of amides is 4. The maximum absolute atomic E-state index is 14.1. The zero-order valence-corrected chi connectivity index (χ0v) is 31.4. The fourth-order valence-corrected chi connectivity index (χ4v) is 7.02. The first-order valence-corrected chi connectivity index (χ1v) is 17.8. The molecule has 2 rings (SSSR count). The first kappa shape index (κ1) is 41.2. The molecule has 48 heavy (non-hydrogen) atoms. The van der Waals surface area contributed by atoms with Gasteiger partial charge in [0.2, 0.25) is 11.8 Å². The predicted molar refractivity (Wildman–Crippen MR) is 186 cm³/mol. The normalized spacial score (nSPS) is 23.3. The summed E-state index contributed by atoms with van der Waals surface area (Å²) >= 11 is 0. The Labute approximate surface area is 288 Å². The van der Waals surface area contributed by atoms with Crippen LogP contribution in [0.25, 0.3) is 0 Å². The third-order valence-electron chi connectivity index (χ3n) is 10.2. The summed E-state index contributed by atoms with van der Waals surface area (Å²) in [5.41, 5.74) is -3.34. The molecule has 1 unspecified atom stereocenters. The minimum Gasteiger partial charge on any atom is -0.481 e. The van der Waals surface area contributed by atoms with E-state index >= 15 is 0 Å². The lowest BCUT2D eigenvalue weighted by molar-refractivity contribution is -0.155. The molecule has 0 aliphatic heterocycles. The van der Waals surface area contributed by atoms with E-state index in [0.29, 0.717) is 24.7 Å². The van der Waals surface area contributed by atoms with E-state index in [1.165, 1.54) is 0 Å². The zero-order chi connectivity index (χ0) is 36.8. The molecule has 2 aliphatic carbocycles. The zero-order valence-electron chi connectivity index (χ0n) is 31.4. The Morgan fingerprint density at radius 3 is 1.77 bits per heavy atom. The van der Waals surface area contributed by atoms with Crippen molar-refractivity contribution < 1.29 is 33.9 Å². The van der Waals surface area contributed by atoms with Crippen LogP contribution in [-0.4, -0.2) is 65.2 Å². The fourth-order valence-electron chi connectivity index (χ4n) is 7.02. The van der Waals surface area contributed by atoms with Gasteiger partial charge in [0.05, 0.1) is 17.4 Å².